The number of anilines is 1. The fraction of sp³-hybridized carbons (Fsp3) is 0.154. The Morgan fingerprint density at radius 3 is 2.34 bits per heavy atom. The third kappa shape index (κ3) is 5.55. The number of halogens is 2. The van der Waals surface area contributed by atoms with E-state index in [0.717, 1.165) is 10.9 Å². The van der Waals surface area contributed by atoms with Gasteiger partial charge in [-0.2, -0.15) is 0 Å². The van der Waals surface area contributed by atoms with Gasteiger partial charge in [0.25, 0.3) is 0 Å². The van der Waals surface area contributed by atoms with Gasteiger partial charge in [0, 0.05) is 23.3 Å². The van der Waals surface area contributed by atoms with Crippen molar-refractivity contribution < 1.29 is 23.4 Å². The molecule has 1 heterocycles. The van der Waals surface area contributed by atoms with Crippen molar-refractivity contribution >= 4 is 34.2 Å². The Balaban J connectivity index is 1.48. The summed E-state index contributed by atoms with van der Waals surface area (Å²) >= 11 is 6.44. The zero-order chi connectivity index (χ0) is 24.9. The monoisotopic (exact) mass is 495 g/mol. The number of pyridine rings is 1. The summed E-state index contributed by atoms with van der Waals surface area (Å²) in [7, 11) is 3.11. The minimum atomic E-state index is -0.423. The van der Waals surface area contributed by atoms with Crippen LogP contribution in [-0.2, 0) is 0 Å². The average molecular weight is 496 g/mol. The fourth-order valence-corrected chi connectivity index (χ4v) is 3.73. The van der Waals surface area contributed by atoms with Gasteiger partial charge in [-0.05, 0) is 55.0 Å². The SMILES string of the molecule is COc1cc2nccc(Oc3ccc(NC(=O)N[C@@H](C)c4ccc(F)cc4)cc3Cl)c2cc1OC. The Labute approximate surface area is 206 Å². The largest absolute Gasteiger partial charge is 0.493 e. The van der Waals surface area contributed by atoms with Crippen LogP contribution in [0.4, 0.5) is 14.9 Å². The van der Waals surface area contributed by atoms with Gasteiger partial charge in [-0.15, -0.1) is 0 Å². The van der Waals surface area contributed by atoms with E-state index >= 15 is 0 Å². The maximum Gasteiger partial charge on any atom is 0.319 e. The van der Waals surface area contributed by atoms with Crippen molar-refractivity contribution in [1.82, 2.24) is 10.3 Å². The molecule has 0 fully saturated rings. The maximum absolute atomic E-state index is 13.1. The fourth-order valence-electron chi connectivity index (χ4n) is 3.51. The molecule has 1 aromatic heterocycles. The van der Waals surface area contributed by atoms with Gasteiger partial charge >= 0.3 is 6.03 Å². The highest BCUT2D eigenvalue weighted by atomic mass is 35.5. The van der Waals surface area contributed by atoms with Crippen molar-refractivity contribution in [3.05, 3.63) is 83.3 Å². The van der Waals surface area contributed by atoms with Gasteiger partial charge in [0.05, 0.1) is 30.8 Å². The normalized spacial score (nSPS) is 11.6. The first-order valence-electron chi connectivity index (χ1n) is 10.7. The van der Waals surface area contributed by atoms with E-state index < -0.39 is 6.03 Å². The van der Waals surface area contributed by atoms with Gasteiger partial charge in [-0.25, -0.2) is 9.18 Å². The van der Waals surface area contributed by atoms with Gasteiger partial charge in [-0.3, -0.25) is 4.98 Å². The van der Waals surface area contributed by atoms with E-state index in [2.05, 4.69) is 15.6 Å². The number of hydrogen-bond donors (Lipinski definition) is 2. The molecule has 0 radical (unpaired) electrons. The van der Waals surface area contributed by atoms with Crippen molar-refractivity contribution in [2.45, 2.75) is 13.0 Å². The highest BCUT2D eigenvalue weighted by Gasteiger charge is 2.14. The van der Waals surface area contributed by atoms with Crippen LogP contribution in [0.1, 0.15) is 18.5 Å². The lowest BCUT2D eigenvalue weighted by molar-refractivity contribution is 0.249. The molecule has 0 unspecified atom stereocenters. The van der Waals surface area contributed by atoms with Crippen LogP contribution in [0.15, 0.2) is 66.9 Å². The molecule has 7 nitrogen and oxygen atoms in total. The number of nitrogens with one attached hydrogen (secondary N) is 2. The number of urea groups is 1. The molecule has 1 atom stereocenters. The molecule has 0 bridgehead atoms. The minimum Gasteiger partial charge on any atom is -0.493 e. The van der Waals surface area contributed by atoms with Crippen LogP contribution in [0.3, 0.4) is 0 Å². The molecule has 0 aliphatic carbocycles. The number of carbonyl (C=O) groups excluding carboxylic acids is 1. The molecule has 2 amide bonds. The average Bonchev–Trinajstić information content (AvgIpc) is 2.85. The summed E-state index contributed by atoms with van der Waals surface area (Å²) in [5, 5.41) is 6.57. The summed E-state index contributed by atoms with van der Waals surface area (Å²) in [6, 6.07) is 15.4. The van der Waals surface area contributed by atoms with Gasteiger partial charge in [0.1, 0.15) is 17.3 Å². The van der Waals surface area contributed by atoms with E-state index in [1.807, 2.05) is 0 Å². The lowest BCUT2D eigenvalue weighted by Crippen LogP contribution is -2.31. The Bertz CT molecular complexity index is 1370. The number of nitrogens with zero attached hydrogens (tertiary/aromatic N) is 1. The summed E-state index contributed by atoms with van der Waals surface area (Å²) in [5.74, 6) is 1.71. The summed E-state index contributed by atoms with van der Waals surface area (Å²) in [4.78, 5) is 16.8. The van der Waals surface area contributed by atoms with Crippen LogP contribution in [0, 0.1) is 5.82 Å². The highest BCUT2D eigenvalue weighted by molar-refractivity contribution is 6.32. The summed E-state index contributed by atoms with van der Waals surface area (Å²) in [6.45, 7) is 1.81. The van der Waals surface area contributed by atoms with Gasteiger partial charge in [0.2, 0.25) is 0 Å². The molecule has 35 heavy (non-hydrogen) atoms. The van der Waals surface area contributed by atoms with E-state index in [-0.39, 0.29) is 11.9 Å². The molecular weight excluding hydrogens is 473 g/mol. The van der Waals surface area contributed by atoms with Crippen LogP contribution in [-0.4, -0.2) is 25.2 Å². The molecule has 0 spiro atoms. The standard InChI is InChI=1S/C26H23ClFN3O4/c1-15(16-4-6-17(28)7-5-16)30-26(32)31-18-8-9-23(20(27)12-18)35-22-10-11-29-21-14-25(34-3)24(33-2)13-19(21)22/h4-15H,1-3H3,(H2,30,31,32)/t15-/m0/s1. The lowest BCUT2D eigenvalue weighted by Gasteiger charge is -2.16. The second kappa shape index (κ2) is 10.5. The molecule has 0 aliphatic heterocycles. The molecule has 9 heteroatoms. The first-order valence-corrected chi connectivity index (χ1v) is 11.1. The molecule has 3 aromatic carbocycles. The van der Waals surface area contributed by atoms with Crippen LogP contribution in [0.25, 0.3) is 10.9 Å². The predicted octanol–water partition coefficient (Wildman–Crippen LogP) is 6.72. The van der Waals surface area contributed by atoms with Crippen molar-refractivity contribution in [2.75, 3.05) is 19.5 Å². The predicted molar refractivity (Wildman–Crippen MR) is 133 cm³/mol. The minimum absolute atomic E-state index is 0.305. The number of methoxy groups -OCH3 is 2. The first kappa shape index (κ1) is 24.1. The van der Waals surface area contributed by atoms with Crippen molar-refractivity contribution in [1.29, 1.82) is 0 Å². The number of aromatic nitrogens is 1. The van der Waals surface area contributed by atoms with Gasteiger partial charge in [0.15, 0.2) is 11.5 Å². The maximum atomic E-state index is 13.1. The topological polar surface area (TPSA) is 81.7 Å². The number of hydrogen-bond acceptors (Lipinski definition) is 5. The van der Waals surface area contributed by atoms with Crippen LogP contribution in [0.2, 0.25) is 5.02 Å². The quantitative estimate of drug-likeness (QED) is 0.297. The molecule has 2 N–H and O–H groups in total. The Morgan fingerprint density at radius 1 is 0.943 bits per heavy atom. The lowest BCUT2D eigenvalue weighted by atomic mass is 10.1. The third-order valence-electron chi connectivity index (χ3n) is 5.33. The number of benzene rings is 3. The molecule has 180 valence electrons. The first-order chi connectivity index (χ1) is 16.9. The summed E-state index contributed by atoms with van der Waals surface area (Å²) < 4.78 is 29.9. The number of fused-ring (bicyclic) bond motifs is 1. The van der Waals surface area contributed by atoms with E-state index in [1.165, 1.54) is 12.1 Å². The van der Waals surface area contributed by atoms with Gasteiger partial charge in [-0.1, -0.05) is 23.7 Å². The molecule has 0 aliphatic rings. The van der Waals surface area contributed by atoms with Crippen LogP contribution in [0.5, 0.6) is 23.0 Å². The second-order valence-corrected chi connectivity index (χ2v) is 8.06. The Kier molecular flexibility index (Phi) is 7.22. The van der Waals surface area contributed by atoms with E-state index in [4.69, 9.17) is 25.8 Å². The zero-order valence-electron chi connectivity index (χ0n) is 19.3. The Morgan fingerprint density at radius 2 is 1.66 bits per heavy atom. The molecule has 0 saturated carbocycles. The van der Waals surface area contributed by atoms with Crippen LogP contribution < -0.4 is 24.8 Å². The number of ether oxygens (including phenoxy) is 3. The van der Waals surface area contributed by atoms with Gasteiger partial charge < -0.3 is 24.8 Å². The summed E-state index contributed by atoms with van der Waals surface area (Å²) in [5.41, 5.74) is 1.93. The van der Waals surface area contributed by atoms with Crippen LogP contribution >= 0.6 is 11.6 Å². The second-order valence-electron chi connectivity index (χ2n) is 7.65. The van der Waals surface area contributed by atoms with Crippen molar-refractivity contribution in [3.8, 4) is 23.0 Å². The number of amides is 2. The smallest absolute Gasteiger partial charge is 0.319 e. The number of rotatable bonds is 7. The van der Waals surface area contributed by atoms with E-state index in [0.29, 0.717) is 39.2 Å². The van der Waals surface area contributed by atoms with Crippen molar-refractivity contribution in [3.63, 3.8) is 0 Å². The molecule has 4 aromatic rings. The highest BCUT2D eigenvalue weighted by Crippen LogP contribution is 2.38. The third-order valence-corrected chi connectivity index (χ3v) is 5.63. The zero-order valence-corrected chi connectivity index (χ0v) is 20.0. The van der Waals surface area contributed by atoms with E-state index in [9.17, 15) is 9.18 Å². The number of carbonyl (C=O) groups is 1. The molecule has 4 rings (SSSR count). The Hall–Kier alpha value is -4.04. The summed E-state index contributed by atoms with van der Waals surface area (Å²) in [6.07, 6.45) is 1.63. The van der Waals surface area contributed by atoms with Crippen molar-refractivity contribution in [2.24, 2.45) is 0 Å². The molecule has 0 saturated heterocycles. The molecular formula is C26H23ClFN3O4. The van der Waals surface area contributed by atoms with E-state index in [1.54, 1.807) is 75.9 Å².